The molecule has 0 spiro atoms. The van der Waals surface area contributed by atoms with Crippen molar-refractivity contribution in [1.82, 2.24) is 20.4 Å². The van der Waals surface area contributed by atoms with Crippen LogP contribution >= 0.6 is 22.7 Å². The maximum absolute atomic E-state index is 4.34. The molecule has 4 nitrogen and oxygen atoms in total. The molecule has 4 aromatic rings. The lowest BCUT2D eigenvalue weighted by atomic mass is 10.2. The Balaban J connectivity index is 1.68. The Morgan fingerprint density at radius 1 is 0.750 bits per heavy atom. The van der Waals surface area contributed by atoms with Crippen molar-refractivity contribution in [2.24, 2.45) is 0 Å². The van der Waals surface area contributed by atoms with E-state index >= 15 is 0 Å². The highest BCUT2D eigenvalue weighted by molar-refractivity contribution is 7.13. The molecule has 0 saturated heterocycles. The van der Waals surface area contributed by atoms with Crippen LogP contribution in [0.25, 0.3) is 32.5 Å². The lowest BCUT2D eigenvalue weighted by molar-refractivity contribution is 1.06. The highest BCUT2D eigenvalue weighted by atomic mass is 32.1. The third kappa shape index (κ3) is 1.99. The van der Waals surface area contributed by atoms with Crippen molar-refractivity contribution in [2.45, 2.75) is 0 Å². The smallest absolute Gasteiger partial charge is 0.113 e. The number of aromatic amines is 2. The van der Waals surface area contributed by atoms with Crippen LogP contribution < -0.4 is 0 Å². The molecule has 6 heteroatoms. The Labute approximate surface area is 123 Å². The van der Waals surface area contributed by atoms with Crippen molar-refractivity contribution in [1.29, 1.82) is 0 Å². The third-order valence-electron chi connectivity index (χ3n) is 2.99. The van der Waals surface area contributed by atoms with E-state index in [0.29, 0.717) is 0 Å². The highest BCUT2D eigenvalue weighted by Crippen LogP contribution is 2.29. The first-order valence-electron chi connectivity index (χ1n) is 6.09. The summed E-state index contributed by atoms with van der Waals surface area (Å²) < 4.78 is 0. The van der Waals surface area contributed by atoms with E-state index < -0.39 is 0 Å². The van der Waals surface area contributed by atoms with E-state index in [-0.39, 0.29) is 0 Å². The quantitative estimate of drug-likeness (QED) is 0.594. The van der Waals surface area contributed by atoms with Gasteiger partial charge in [-0.15, -0.1) is 22.7 Å². The van der Waals surface area contributed by atoms with Gasteiger partial charge >= 0.3 is 0 Å². The zero-order valence-corrected chi connectivity index (χ0v) is 12.0. The Morgan fingerprint density at radius 2 is 1.25 bits per heavy atom. The molecule has 0 fully saturated rings. The predicted molar refractivity (Wildman–Crippen MR) is 82.8 cm³/mol. The molecule has 0 unspecified atom stereocenters. The number of hydrogen-bond donors (Lipinski definition) is 2. The number of thiophene rings is 2. The summed E-state index contributed by atoms with van der Waals surface area (Å²) in [5, 5.41) is 18.9. The van der Waals surface area contributed by atoms with E-state index in [1.54, 1.807) is 22.7 Å². The highest BCUT2D eigenvalue weighted by Gasteiger charge is 2.11. The molecule has 0 aliphatic carbocycles. The van der Waals surface area contributed by atoms with Crippen molar-refractivity contribution in [3.8, 4) is 32.5 Å². The van der Waals surface area contributed by atoms with Gasteiger partial charge in [0.1, 0.15) is 11.4 Å². The lowest BCUT2D eigenvalue weighted by Crippen LogP contribution is -1.76. The molecule has 0 aliphatic heterocycles. The summed E-state index contributed by atoms with van der Waals surface area (Å²) in [5.74, 6) is 0. The fraction of sp³-hybridized carbons (Fsp3) is 0. The van der Waals surface area contributed by atoms with Gasteiger partial charge in [-0.05, 0) is 35.0 Å². The van der Waals surface area contributed by atoms with Gasteiger partial charge in [-0.3, -0.25) is 10.2 Å². The van der Waals surface area contributed by atoms with Gasteiger partial charge in [-0.2, -0.15) is 10.2 Å². The van der Waals surface area contributed by atoms with Crippen molar-refractivity contribution < 1.29 is 0 Å². The normalized spacial score (nSPS) is 11.0. The molecule has 0 amide bonds. The van der Waals surface area contributed by atoms with Gasteiger partial charge in [-0.25, -0.2) is 0 Å². The summed E-state index contributed by atoms with van der Waals surface area (Å²) in [5.41, 5.74) is 3.76. The topological polar surface area (TPSA) is 57.4 Å². The van der Waals surface area contributed by atoms with Crippen molar-refractivity contribution in [3.05, 3.63) is 47.2 Å². The number of hydrogen-bond acceptors (Lipinski definition) is 4. The van der Waals surface area contributed by atoms with E-state index in [1.165, 1.54) is 9.75 Å². The van der Waals surface area contributed by atoms with Crippen molar-refractivity contribution in [2.75, 3.05) is 0 Å². The third-order valence-corrected chi connectivity index (χ3v) is 4.80. The van der Waals surface area contributed by atoms with Crippen LogP contribution in [0.4, 0.5) is 0 Å². The Hall–Kier alpha value is -2.18. The predicted octanol–water partition coefficient (Wildman–Crippen LogP) is 4.26. The van der Waals surface area contributed by atoms with Crippen LogP contribution in [-0.4, -0.2) is 20.4 Å². The number of nitrogens with one attached hydrogen (secondary N) is 2. The summed E-state index contributed by atoms with van der Waals surface area (Å²) >= 11 is 3.38. The molecular formula is C14H10N4S2. The van der Waals surface area contributed by atoms with Gasteiger partial charge < -0.3 is 0 Å². The molecular weight excluding hydrogens is 288 g/mol. The lowest BCUT2D eigenvalue weighted by Gasteiger charge is -1.87. The molecule has 0 aliphatic rings. The van der Waals surface area contributed by atoms with Gasteiger partial charge in [0, 0.05) is 0 Å². The van der Waals surface area contributed by atoms with Crippen LogP contribution in [0.3, 0.4) is 0 Å². The second-order valence-electron chi connectivity index (χ2n) is 4.29. The zero-order chi connectivity index (χ0) is 13.4. The van der Waals surface area contributed by atoms with Crippen LogP contribution in [0.1, 0.15) is 0 Å². The van der Waals surface area contributed by atoms with E-state index in [4.69, 9.17) is 0 Å². The minimum absolute atomic E-state index is 0.854. The summed E-state index contributed by atoms with van der Waals surface area (Å²) in [6.45, 7) is 0. The summed E-state index contributed by atoms with van der Waals surface area (Å²) in [6.07, 6.45) is 0. The van der Waals surface area contributed by atoms with Gasteiger partial charge in [0.05, 0.1) is 21.1 Å². The fourth-order valence-electron chi connectivity index (χ4n) is 2.02. The zero-order valence-electron chi connectivity index (χ0n) is 10.3. The average molecular weight is 298 g/mol. The first-order chi connectivity index (χ1) is 9.90. The number of nitrogens with zero attached hydrogens (tertiary/aromatic N) is 2. The number of rotatable bonds is 3. The molecule has 0 aromatic carbocycles. The monoisotopic (exact) mass is 298 g/mol. The molecule has 2 N–H and O–H groups in total. The van der Waals surface area contributed by atoms with Crippen LogP contribution in [0, 0.1) is 0 Å². The maximum Gasteiger partial charge on any atom is 0.113 e. The van der Waals surface area contributed by atoms with Crippen LogP contribution in [0.5, 0.6) is 0 Å². The van der Waals surface area contributed by atoms with Gasteiger partial charge in [-0.1, -0.05) is 12.1 Å². The molecule has 20 heavy (non-hydrogen) atoms. The Bertz CT molecular complexity index is 739. The van der Waals surface area contributed by atoms with Gasteiger partial charge in [0.2, 0.25) is 0 Å². The van der Waals surface area contributed by atoms with Gasteiger partial charge in [0.15, 0.2) is 0 Å². The van der Waals surface area contributed by atoms with E-state index in [1.807, 2.05) is 24.3 Å². The molecule has 0 radical (unpaired) electrons. The van der Waals surface area contributed by atoms with Crippen molar-refractivity contribution >= 4 is 22.7 Å². The molecule has 0 bridgehead atoms. The first kappa shape index (κ1) is 11.6. The largest absolute Gasteiger partial charge is 0.276 e. The van der Waals surface area contributed by atoms with Crippen LogP contribution in [0.2, 0.25) is 0 Å². The molecule has 98 valence electrons. The minimum atomic E-state index is 0.854. The maximum atomic E-state index is 4.34. The van der Waals surface area contributed by atoms with Crippen LogP contribution in [-0.2, 0) is 0 Å². The molecule has 4 aromatic heterocycles. The molecule has 0 saturated carbocycles. The SMILES string of the molecule is c1csc(-c2cc(-c3cc(-c4cccs4)[nH]n3)n[nH]2)c1. The summed E-state index contributed by atoms with van der Waals surface area (Å²) in [7, 11) is 0. The molecule has 0 atom stereocenters. The molecule has 4 rings (SSSR count). The molecule has 4 heterocycles. The van der Waals surface area contributed by atoms with Crippen LogP contribution in [0.15, 0.2) is 47.2 Å². The number of aromatic nitrogens is 4. The van der Waals surface area contributed by atoms with Gasteiger partial charge in [0.25, 0.3) is 0 Å². The fourth-order valence-corrected chi connectivity index (χ4v) is 3.41. The Morgan fingerprint density at radius 3 is 1.65 bits per heavy atom. The first-order valence-corrected chi connectivity index (χ1v) is 7.85. The van der Waals surface area contributed by atoms with Crippen molar-refractivity contribution in [3.63, 3.8) is 0 Å². The van der Waals surface area contributed by atoms with E-state index in [2.05, 4.69) is 43.3 Å². The summed E-state index contributed by atoms with van der Waals surface area (Å²) in [4.78, 5) is 2.36. The minimum Gasteiger partial charge on any atom is -0.276 e. The van der Waals surface area contributed by atoms with E-state index in [0.717, 1.165) is 22.8 Å². The standard InChI is InChI=1S/C14H10N4S2/c1-3-13(19-5-1)11-7-9(15-17-11)10-8-12(18-16-10)14-4-2-6-20-14/h1-8H,(H,15,17)(H,16,18). The second-order valence-corrected chi connectivity index (χ2v) is 6.18. The van der Waals surface area contributed by atoms with E-state index in [9.17, 15) is 0 Å². The average Bonchev–Trinajstić information content (AvgIpc) is 3.22. The number of H-pyrrole nitrogens is 2. The summed E-state index contributed by atoms with van der Waals surface area (Å²) in [6, 6.07) is 12.3. The second kappa shape index (κ2) is 4.73. The Kier molecular flexibility index (Phi) is 2.75.